The lowest BCUT2D eigenvalue weighted by molar-refractivity contribution is -0.132. The summed E-state index contributed by atoms with van der Waals surface area (Å²) in [7, 11) is 0. The molecule has 4 rings (SSSR count). The maximum atomic E-state index is 11.9. The van der Waals surface area contributed by atoms with Gasteiger partial charge in [0.05, 0.1) is 0 Å². The van der Waals surface area contributed by atoms with Gasteiger partial charge in [0, 0.05) is 53.8 Å². The number of aliphatic hydroxyl groups is 1. The van der Waals surface area contributed by atoms with Gasteiger partial charge in [0.15, 0.2) is 0 Å². The lowest BCUT2D eigenvalue weighted by Crippen LogP contribution is -2.38. The maximum Gasteiger partial charge on any atom is 0.346 e. The number of aliphatic carboxylic acids is 1. The number of carbonyl (C=O) groups is 1. The molecule has 1 unspecified atom stereocenters. The Morgan fingerprint density at radius 1 is 1.20 bits per heavy atom. The normalized spacial score (nSPS) is 23.8. The molecular weight excluding hydrogens is 534 g/mol. The summed E-state index contributed by atoms with van der Waals surface area (Å²) in [5.41, 5.74) is 6.22. The number of fused-ring (bicyclic) bond motifs is 1. The predicted molar refractivity (Wildman–Crippen MR) is 166 cm³/mol. The average molecular weight is 578 g/mol. The molecule has 1 aliphatic carbocycles. The zero-order chi connectivity index (χ0) is 30.1. The molecule has 1 aromatic carbocycles. The molecule has 1 fully saturated rings. The van der Waals surface area contributed by atoms with Gasteiger partial charge in [0.2, 0.25) is 0 Å². The number of allylic oxidation sites excluding steroid dienone is 6. The van der Waals surface area contributed by atoms with E-state index in [-0.39, 0.29) is 34.8 Å². The molecule has 0 radical (unpaired) electrons. The molecule has 2 aliphatic heterocycles. The summed E-state index contributed by atoms with van der Waals surface area (Å²) in [5, 5.41) is 29.9. The van der Waals surface area contributed by atoms with Crippen LogP contribution < -0.4 is 4.90 Å². The molecule has 1 saturated heterocycles. The van der Waals surface area contributed by atoms with Crippen molar-refractivity contribution in [3.63, 3.8) is 0 Å². The first kappa shape index (κ1) is 30.9. The lowest BCUT2D eigenvalue weighted by atomic mass is 9.69. The van der Waals surface area contributed by atoms with E-state index in [0.717, 1.165) is 55.2 Å². The minimum absolute atomic E-state index is 0.00810. The molecule has 0 saturated carbocycles. The highest BCUT2D eigenvalue weighted by Gasteiger charge is 2.40. The Labute approximate surface area is 250 Å². The first-order valence-electron chi connectivity index (χ1n) is 14.7. The quantitative estimate of drug-likeness (QED) is 0.274. The number of halogens is 1. The molecule has 0 aromatic heterocycles. The second-order valence-corrected chi connectivity index (χ2v) is 13.6. The number of anilines is 1. The SMILES string of the molecule is CCN1/C(=C/C=C2\CC(C(C)(C)C)CC(/C=C(\C#N)C(=O)O)=C2N2CCC(CO)CC2)C(C)(C)c2cc(Cl)ccc21. The molecule has 7 heteroatoms. The van der Waals surface area contributed by atoms with Gasteiger partial charge < -0.3 is 20.0 Å². The number of aliphatic hydroxyl groups excluding tert-OH is 1. The Morgan fingerprint density at radius 2 is 1.88 bits per heavy atom. The summed E-state index contributed by atoms with van der Waals surface area (Å²) in [6.45, 7) is 15.9. The third-order valence-corrected chi connectivity index (χ3v) is 9.47. The molecule has 0 amide bonds. The molecule has 6 nitrogen and oxygen atoms in total. The molecule has 2 heterocycles. The number of carboxylic acid groups (broad SMARTS) is 1. The molecule has 3 aliphatic rings. The Bertz CT molecular complexity index is 1350. The highest BCUT2D eigenvalue weighted by molar-refractivity contribution is 6.30. The van der Waals surface area contributed by atoms with Crippen molar-refractivity contribution in [1.82, 2.24) is 4.90 Å². The van der Waals surface area contributed by atoms with Crippen molar-refractivity contribution < 1.29 is 15.0 Å². The number of hydrogen-bond acceptors (Lipinski definition) is 5. The molecule has 41 heavy (non-hydrogen) atoms. The summed E-state index contributed by atoms with van der Waals surface area (Å²) in [5.74, 6) is -0.643. The summed E-state index contributed by atoms with van der Waals surface area (Å²) >= 11 is 6.42. The van der Waals surface area contributed by atoms with E-state index in [1.54, 1.807) is 6.08 Å². The Balaban J connectivity index is 1.90. The topological polar surface area (TPSA) is 87.8 Å². The second kappa shape index (κ2) is 12.1. The Morgan fingerprint density at radius 3 is 2.44 bits per heavy atom. The first-order chi connectivity index (χ1) is 19.3. The summed E-state index contributed by atoms with van der Waals surface area (Å²) < 4.78 is 0. The highest BCUT2D eigenvalue weighted by Crippen LogP contribution is 2.49. The fourth-order valence-electron chi connectivity index (χ4n) is 6.62. The van der Waals surface area contributed by atoms with Crippen molar-refractivity contribution >= 4 is 23.3 Å². The zero-order valence-electron chi connectivity index (χ0n) is 25.3. The van der Waals surface area contributed by atoms with Gasteiger partial charge in [0.25, 0.3) is 0 Å². The van der Waals surface area contributed by atoms with E-state index in [4.69, 9.17) is 11.6 Å². The van der Waals surface area contributed by atoms with Gasteiger partial charge in [-0.2, -0.15) is 5.26 Å². The van der Waals surface area contributed by atoms with Gasteiger partial charge in [-0.15, -0.1) is 0 Å². The van der Waals surface area contributed by atoms with E-state index in [2.05, 4.69) is 75.6 Å². The Kier molecular flexibility index (Phi) is 9.11. The van der Waals surface area contributed by atoms with Crippen LogP contribution in [0.5, 0.6) is 0 Å². The number of piperidine rings is 1. The van der Waals surface area contributed by atoms with Gasteiger partial charge in [-0.3, -0.25) is 0 Å². The molecule has 1 atom stereocenters. The lowest BCUT2D eigenvalue weighted by Gasteiger charge is -2.42. The number of carboxylic acids is 1. The van der Waals surface area contributed by atoms with Gasteiger partial charge in [-0.25, -0.2) is 4.79 Å². The molecular formula is C34H44ClN3O3. The largest absolute Gasteiger partial charge is 0.477 e. The van der Waals surface area contributed by atoms with E-state index in [0.29, 0.717) is 6.42 Å². The molecule has 0 spiro atoms. The number of hydrogen-bond donors (Lipinski definition) is 2. The van der Waals surface area contributed by atoms with Crippen LogP contribution in [-0.4, -0.2) is 47.3 Å². The number of nitrogens with zero attached hydrogens (tertiary/aromatic N) is 3. The fraction of sp³-hybridized carbons (Fsp3) is 0.529. The zero-order valence-corrected chi connectivity index (χ0v) is 26.1. The molecule has 0 bridgehead atoms. The monoisotopic (exact) mass is 577 g/mol. The fourth-order valence-corrected chi connectivity index (χ4v) is 6.79. The van der Waals surface area contributed by atoms with Crippen LogP contribution in [0.1, 0.15) is 72.8 Å². The predicted octanol–water partition coefficient (Wildman–Crippen LogP) is 7.22. The maximum absolute atomic E-state index is 11.9. The number of nitriles is 1. The van der Waals surface area contributed by atoms with Crippen LogP contribution in [0.3, 0.4) is 0 Å². The van der Waals surface area contributed by atoms with Crippen molar-refractivity contribution in [2.75, 3.05) is 31.1 Å². The molecule has 220 valence electrons. The van der Waals surface area contributed by atoms with Crippen molar-refractivity contribution in [3.8, 4) is 6.07 Å². The molecule has 2 N–H and O–H groups in total. The molecule has 1 aromatic rings. The third kappa shape index (κ3) is 6.27. The van der Waals surface area contributed by atoms with E-state index < -0.39 is 5.97 Å². The van der Waals surface area contributed by atoms with Crippen molar-refractivity contribution in [2.45, 2.75) is 72.6 Å². The smallest absolute Gasteiger partial charge is 0.346 e. The minimum atomic E-state index is -1.20. The van der Waals surface area contributed by atoms with Crippen LogP contribution in [0.25, 0.3) is 0 Å². The highest BCUT2D eigenvalue weighted by atomic mass is 35.5. The second-order valence-electron chi connectivity index (χ2n) is 13.2. The number of likely N-dealkylation sites (N-methyl/N-ethyl adjacent to an activating group) is 1. The van der Waals surface area contributed by atoms with Crippen LogP contribution in [0.4, 0.5) is 5.69 Å². The van der Waals surface area contributed by atoms with Crippen LogP contribution in [0, 0.1) is 28.6 Å². The van der Waals surface area contributed by atoms with Crippen molar-refractivity contribution in [1.29, 1.82) is 5.26 Å². The minimum Gasteiger partial charge on any atom is -0.477 e. The third-order valence-electron chi connectivity index (χ3n) is 9.24. The van der Waals surface area contributed by atoms with Crippen molar-refractivity contribution in [3.05, 3.63) is 75.1 Å². The van der Waals surface area contributed by atoms with Crippen LogP contribution in [0.15, 0.2) is 64.5 Å². The number of likely N-dealkylation sites (tertiary alicyclic amines) is 1. The average Bonchev–Trinajstić information content (AvgIpc) is 3.14. The van der Waals surface area contributed by atoms with Crippen LogP contribution >= 0.6 is 11.6 Å². The number of benzene rings is 1. The Hall–Kier alpha value is -3.01. The van der Waals surface area contributed by atoms with Gasteiger partial charge in [0.1, 0.15) is 11.6 Å². The van der Waals surface area contributed by atoms with E-state index >= 15 is 0 Å². The van der Waals surface area contributed by atoms with Crippen LogP contribution in [-0.2, 0) is 10.2 Å². The van der Waals surface area contributed by atoms with E-state index in [1.807, 2.05) is 12.1 Å². The number of rotatable bonds is 6. The van der Waals surface area contributed by atoms with Crippen molar-refractivity contribution in [2.24, 2.45) is 17.3 Å². The van der Waals surface area contributed by atoms with Gasteiger partial charge in [-0.1, -0.05) is 52.3 Å². The summed E-state index contributed by atoms with van der Waals surface area (Å²) in [6.07, 6.45) is 9.41. The summed E-state index contributed by atoms with van der Waals surface area (Å²) in [4.78, 5) is 16.6. The van der Waals surface area contributed by atoms with E-state index in [1.165, 1.54) is 22.5 Å². The summed E-state index contributed by atoms with van der Waals surface area (Å²) in [6, 6.07) is 8.01. The van der Waals surface area contributed by atoms with Gasteiger partial charge in [-0.05, 0) is 96.9 Å². The van der Waals surface area contributed by atoms with E-state index in [9.17, 15) is 20.3 Å². The standard InChI is InChI=1S/C34H44ClN3O3/c1-7-38-29-10-9-27(35)19-28(29)34(5,6)30(38)11-8-23-17-26(33(2,3)4)18-24(16-25(20-36)32(40)41)31(23)37-14-12-22(21-39)13-15-37/h8-11,16,19,22,26,39H,7,12-15,17-18,21H2,1-6H3,(H,40,41)/b23-8+,25-16+,30-11+. The first-order valence-corrected chi connectivity index (χ1v) is 15.1. The van der Waals surface area contributed by atoms with Crippen LogP contribution in [0.2, 0.25) is 5.02 Å². The van der Waals surface area contributed by atoms with Gasteiger partial charge >= 0.3 is 5.97 Å².